The largest absolute Gasteiger partial charge is 0.347 e. The van der Waals surface area contributed by atoms with Gasteiger partial charge in [0.1, 0.15) is 5.82 Å². The number of carbonyl (C=O) groups is 2. The molecule has 0 spiro atoms. The fourth-order valence-electron chi connectivity index (χ4n) is 4.06. The minimum Gasteiger partial charge on any atom is -0.347 e. The van der Waals surface area contributed by atoms with Gasteiger partial charge < -0.3 is 16.0 Å². The number of nitrogens with one attached hydrogen (secondary N) is 1. The van der Waals surface area contributed by atoms with Gasteiger partial charge in [-0.25, -0.2) is 4.39 Å². The van der Waals surface area contributed by atoms with Crippen molar-refractivity contribution in [2.75, 3.05) is 6.54 Å². The maximum atomic E-state index is 12.9. The molecule has 1 aliphatic heterocycles. The minimum absolute atomic E-state index is 0.00980. The zero-order chi connectivity index (χ0) is 18.8. The fourth-order valence-corrected chi connectivity index (χ4v) is 4.06. The topological polar surface area (TPSA) is 75.4 Å². The van der Waals surface area contributed by atoms with E-state index < -0.39 is 22.9 Å². The third kappa shape index (κ3) is 4.57. The second-order valence-electron chi connectivity index (χ2n) is 8.07. The molecule has 3 N–H and O–H groups in total. The van der Waals surface area contributed by atoms with Gasteiger partial charge in [0.05, 0.1) is 0 Å². The van der Waals surface area contributed by atoms with Crippen LogP contribution in [0.2, 0.25) is 0 Å². The Morgan fingerprint density at radius 3 is 2.20 bits per heavy atom. The van der Waals surface area contributed by atoms with Crippen LogP contribution in [0.3, 0.4) is 0 Å². The van der Waals surface area contributed by atoms with Crippen molar-refractivity contribution in [3.8, 4) is 0 Å². The smallest absolute Gasteiger partial charge is 0.312 e. The van der Waals surface area contributed by atoms with Gasteiger partial charge >= 0.3 is 11.8 Å². The van der Waals surface area contributed by atoms with Gasteiger partial charge in [-0.2, -0.15) is 0 Å². The lowest BCUT2D eigenvalue weighted by Crippen LogP contribution is -2.67. The monoisotopic (exact) mass is 349 g/mol. The third-order valence-corrected chi connectivity index (χ3v) is 4.74. The first-order chi connectivity index (χ1) is 11.5. The van der Waals surface area contributed by atoms with Crippen LogP contribution in [0.4, 0.5) is 4.39 Å². The Kier molecular flexibility index (Phi) is 5.52. The van der Waals surface area contributed by atoms with Crippen LogP contribution in [0.25, 0.3) is 0 Å². The Bertz CT molecular complexity index is 623. The van der Waals surface area contributed by atoms with Gasteiger partial charge in [0.15, 0.2) is 0 Å². The first kappa shape index (κ1) is 19.4. The van der Waals surface area contributed by atoms with E-state index in [-0.39, 0.29) is 11.9 Å². The van der Waals surface area contributed by atoms with Gasteiger partial charge in [0.25, 0.3) is 0 Å². The van der Waals surface area contributed by atoms with Gasteiger partial charge in [-0.15, -0.1) is 0 Å². The lowest BCUT2D eigenvalue weighted by Gasteiger charge is -2.54. The Hall–Kier alpha value is -1.95. The fraction of sp³-hybridized carbons (Fsp3) is 0.579. The number of rotatable bonds is 3. The molecule has 0 bridgehead atoms. The molecule has 0 aliphatic carbocycles. The number of nitrogens with two attached hydrogens (primary N) is 1. The van der Waals surface area contributed by atoms with E-state index in [0.717, 1.165) is 5.56 Å². The summed E-state index contributed by atoms with van der Waals surface area (Å²) in [5.41, 5.74) is 6.06. The summed E-state index contributed by atoms with van der Waals surface area (Å²) in [5, 5.41) is 2.67. The second kappa shape index (κ2) is 7.12. The Morgan fingerprint density at radius 2 is 1.68 bits per heavy atom. The Labute approximate surface area is 148 Å². The standard InChI is InChI=1S/C19H28FN3O2/c1-18(2)11-15(21)12-19(3,4)23(18)17(25)16(24)22-10-9-13-5-7-14(20)8-6-13/h5-8,15H,9-12,21H2,1-4H3,(H,22,24). The predicted octanol–water partition coefficient (Wildman–Crippen LogP) is 1.99. The number of piperidine rings is 1. The highest BCUT2D eigenvalue weighted by Gasteiger charge is 2.48. The van der Waals surface area contributed by atoms with Crippen molar-refractivity contribution >= 4 is 11.8 Å². The van der Waals surface area contributed by atoms with E-state index in [4.69, 9.17) is 5.73 Å². The van der Waals surface area contributed by atoms with Gasteiger partial charge in [-0.1, -0.05) is 12.1 Å². The van der Waals surface area contributed by atoms with Crippen LogP contribution in [0, 0.1) is 5.82 Å². The SMILES string of the molecule is CC1(C)CC(N)CC(C)(C)N1C(=O)C(=O)NCCc1ccc(F)cc1. The zero-order valence-corrected chi connectivity index (χ0v) is 15.4. The minimum atomic E-state index is -0.612. The molecule has 0 aromatic heterocycles. The van der Waals surface area contributed by atoms with Crippen molar-refractivity contribution in [1.29, 1.82) is 0 Å². The highest BCUT2D eigenvalue weighted by atomic mass is 19.1. The predicted molar refractivity (Wildman–Crippen MR) is 95.3 cm³/mol. The summed E-state index contributed by atoms with van der Waals surface area (Å²) in [5.74, 6) is -1.43. The number of benzene rings is 1. The van der Waals surface area contributed by atoms with Crippen molar-refractivity contribution in [2.24, 2.45) is 5.73 Å². The quantitative estimate of drug-likeness (QED) is 0.820. The van der Waals surface area contributed by atoms with E-state index >= 15 is 0 Å². The molecule has 1 aromatic rings. The molecular weight excluding hydrogens is 321 g/mol. The van der Waals surface area contributed by atoms with E-state index in [2.05, 4.69) is 5.32 Å². The van der Waals surface area contributed by atoms with Gasteiger partial charge in [-0.05, 0) is 64.7 Å². The number of halogens is 1. The van der Waals surface area contributed by atoms with Gasteiger partial charge in [0, 0.05) is 23.7 Å². The van der Waals surface area contributed by atoms with Gasteiger partial charge in [-0.3, -0.25) is 9.59 Å². The number of nitrogens with zero attached hydrogens (tertiary/aromatic N) is 1. The number of amides is 2. The van der Waals surface area contributed by atoms with E-state index in [1.54, 1.807) is 17.0 Å². The highest BCUT2D eigenvalue weighted by Crippen LogP contribution is 2.37. The molecule has 1 aliphatic rings. The lowest BCUT2D eigenvalue weighted by atomic mass is 9.77. The summed E-state index contributed by atoms with van der Waals surface area (Å²) < 4.78 is 12.9. The molecule has 5 nitrogen and oxygen atoms in total. The molecule has 6 heteroatoms. The normalized spacial score (nSPS) is 19.5. The maximum Gasteiger partial charge on any atom is 0.312 e. The van der Waals surface area contributed by atoms with Crippen LogP contribution in [-0.4, -0.2) is 40.4 Å². The number of likely N-dealkylation sites (tertiary alicyclic amines) is 1. The van der Waals surface area contributed by atoms with Crippen LogP contribution in [-0.2, 0) is 16.0 Å². The summed E-state index contributed by atoms with van der Waals surface area (Å²) in [6.07, 6.45) is 1.85. The molecule has 1 saturated heterocycles. The van der Waals surface area contributed by atoms with Crippen LogP contribution in [0.5, 0.6) is 0 Å². The Morgan fingerprint density at radius 1 is 1.16 bits per heavy atom. The summed E-state index contributed by atoms with van der Waals surface area (Å²) in [6.45, 7) is 8.09. The van der Waals surface area contributed by atoms with Crippen LogP contribution in [0.15, 0.2) is 24.3 Å². The molecule has 2 rings (SSSR count). The van der Waals surface area contributed by atoms with E-state index in [0.29, 0.717) is 25.8 Å². The molecule has 138 valence electrons. The highest BCUT2D eigenvalue weighted by molar-refractivity contribution is 6.35. The molecule has 0 atom stereocenters. The maximum absolute atomic E-state index is 12.9. The van der Waals surface area contributed by atoms with E-state index in [1.807, 2.05) is 27.7 Å². The number of hydrogen-bond acceptors (Lipinski definition) is 3. The summed E-state index contributed by atoms with van der Waals surface area (Å²) in [7, 11) is 0. The summed E-state index contributed by atoms with van der Waals surface area (Å²) in [4.78, 5) is 26.8. The molecular formula is C19H28FN3O2. The van der Waals surface area contributed by atoms with Crippen molar-refractivity contribution in [3.05, 3.63) is 35.6 Å². The Balaban J connectivity index is 1.98. The third-order valence-electron chi connectivity index (χ3n) is 4.74. The molecule has 1 heterocycles. The van der Waals surface area contributed by atoms with E-state index in [9.17, 15) is 14.0 Å². The van der Waals surface area contributed by atoms with Gasteiger partial charge in [0.2, 0.25) is 0 Å². The van der Waals surface area contributed by atoms with Crippen LogP contribution >= 0.6 is 0 Å². The van der Waals surface area contributed by atoms with Crippen molar-refractivity contribution < 1.29 is 14.0 Å². The molecule has 25 heavy (non-hydrogen) atoms. The first-order valence-corrected chi connectivity index (χ1v) is 8.65. The summed E-state index contributed by atoms with van der Waals surface area (Å²) in [6, 6.07) is 6.10. The van der Waals surface area contributed by atoms with Crippen LogP contribution < -0.4 is 11.1 Å². The molecule has 0 radical (unpaired) electrons. The van der Waals surface area contributed by atoms with Crippen LogP contribution in [0.1, 0.15) is 46.1 Å². The molecule has 0 unspecified atom stereocenters. The average Bonchev–Trinajstić information content (AvgIpc) is 2.46. The number of carbonyl (C=O) groups excluding carboxylic acids is 2. The lowest BCUT2D eigenvalue weighted by molar-refractivity contribution is -0.159. The van der Waals surface area contributed by atoms with E-state index in [1.165, 1.54) is 12.1 Å². The second-order valence-corrected chi connectivity index (χ2v) is 8.07. The first-order valence-electron chi connectivity index (χ1n) is 8.65. The zero-order valence-electron chi connectivity index (χ0n) is 15.4. The average molecular weight is 349 g/mol. The molecule has 0 saturated carbocycles. The summed E-state index contributed by atoms with van der Waals surface area (Å²) >= 11 is 0. The van der Waals surface area contributed by atoms with Crippen molar-refractivity contribution in [3.63, 3.8) is 0 Å². The molecule has 2 amide bonds. The number of hydrogen-bond donors (Lipinski definition) is 2. The molecule has 1 aromatic carbocycles. The van der Waals surface area contributed by atoms with Crippen molar-refractivity contribution in [2.45, 2.75) is 64.1 Å². The molecule has 1 fully saturated rings. The van der Waals surface area contributed by atoms with Crippen molar-refractivity contribution in [1.82, 2.24) is 10.2 Å².